The van der Waals surface area contributed by atoms with Crippen molar-refractivity contribution in [2.45, 2.75) is 0 Å². The summed E-state index contributed by atoms with van der Waals surface area (Å²) in [5.74, 6) is -0.0406. The van der Waals surface area contributed by atoms with E-state index in [2.05, 4.69) is 9.24 Å². The molecule has 1 rings (SSSR count). The van der Waals surface area contributed by atoms with E-state index in [1.54, 1.807) is 12.1 Å². The molecule has 0 saturated heterocycles. The number of hydrogen-bond acceptors (Lipinski definition) is 1. The van der Waals surface area contributed by atoms with Crippen molar-refractivity contribution in [1.29, 1.82) is 0 Å². The molecular weight excluding hydrogens is 186 g/mol. The van der Waals surface area contributed by atoms with E-state index in [0.29, 0.717) is 0 Å². The minimum atomic E-state index is -0.324. The second kappa shape index (κ2) is 4.53. The fourth-order valence-electron chi connectivity index (χ4n) is 0.683. The zero-order chi connectivity index (χ0) is 7.56. The van der Waals surface area contributed by atoms with Gasteiger partial charge in [-0.15, -0.1) is 21.6 Å². The normalized spacial score (nSPS) is 8.64. The Morgan fingerprint density at radius 2 is 2.09 bits per heavy atom. The summed E-state index contributed by atoms with van der Waals surface area (Å²) in [7, 11) is 3.86. The largest absolute Gasteiger partial charge is 0.494 e. The Morgan fingerprint density at radius 1 is 1.45 bits per heavy atom. The lowest BCUT2D eigenvalue weighted by atomic mass is 10.3. The third-order valence-corrected chi connectivity index (χ3v) is 1.53. The van der Waals surface area contributed by atoms with E-state index in [4.69, 9.17) is 4.74 Å². The monoisotopic (exact) mass is 194 g/mol. The second-order valence-electron chi connectivity index (χ2n) is 1.89. The van der Waals surface area contributed by atoms with Crippen LogP contribution in [-0.4, -0.2) is 7.11 Å². The topological polar surface area (TPSA) is 9.23 Å². The number of rotatable bonds is 1. The lowest BCUT2D eigenvalue weighted by Crippen LogP contribution is -1.94. The molecule has 1 nitrogen and oxygen atoms in total. The van der Waals surface area contributed by atoms with Crippen molar-refractivity contribution in [1.82, 2.24) is 0 Å². The van der Waals surface area contributed by atoms with Crippen molar-refractivity contribution in [3.05, 3.63) is 24.0 Å². The standard InChI is InChI=1S/C7H8FOP.ClH/c1-9-7-3-2-5(10)4-6(7)8;/h2-4H,10H2,1H3;1H. The van der Waals surface area contributed by atoms with Gasteiger partial charge in [-0.1, -0.05) is 6.07 Å². The third kappa shape index (κ3) is 2.64. The van der Waals surface area contributed by atoms with Crippen LogP contribution < -0.4 is 10.0 Å². The van der Waals surface area contributed by atoms with E-state index >= 15 is 0 Å². The summed E-state index contributed by atoms with van der Waals surface area (Å²) in [6.45, 7) is 0. The van der Waals surface area contributed by atoms with Crippen molar-refractivity contribution < 1.29 is 9.13 Å². The third-order valence-electron chi connectivity index (χ3n) is 1.18. The van der Waals surface area contributed by atoms with Gasteiger partial charge in [0.1, 0.15) is 0 Å². The molecule has 0 N–H and O–H groups in total. The molecule has 1 unspecified atom stereocenters. The maximum Gasteiger partial charge on any atom is 0.165 e. The number of hydrogen-bond donors (Lipinski definition) is 0. The van der Waals surface area contributed by atoms with Gasteiger partial charge in [-0.05, 0) is 17.4 Å². The number of ether oxygens (including phenoxy) is 1. The van der Waals surface area contributed by atoms with E-state index in [-0.39, 0.29) is 24.0 Å². The fraction of sp³-hybridized carbons (Fsp3) is 0.143. The van der Waals surface area contributed by atoms with Gasteiger partial charge in [-0.25, -0.2) is 4.39 Å². The van der Waals surface area contributed by atoms with Crippen LogP contribution >= 0.6 is 21.6 Å². The molecule has 0 bridgehead atoms. The van der Waals surface area contributed by atoms with E-state index in [1.165, 1.54) is 13.2 Å². The molecule has 0 amide bonds. The van der Waals surface area contributed by atoms with E-state index in [1.807, 2.05) is 0 Å². The highest BCUT2D eigenvalue weighted by atomic mass is 35.5. The lowest BCUT2D eigenvalue weighted by molar-refractivity contribution is 0.387. The molecule has 0 radical (unpaired) electrons. The fourth-order valence-corrected chi connectivity index (χ4v) is 0.925. The Labute approximate surface area is 73.6 Å². The second-order valence-corrected chi connectivity index (χ2v) is 2.56. The average molecular weight is 195 g/mol. The molecule has 0 aliphatic carbocycles. The predicted molar refractivity (Wildman–Crippen MR) is 49.5 cm³/mol. The van der Waals surface area contributed by atoms with Crippen LogP contribution in [0, 0.1) is 5.82 Å². The van der Waals surface area contributed by atoms with Crippen LogP contribution in [0.15, 0.2) is 18.2 Å². The van der Waals surface area contributed by atoms with Gasteiger partial charge in [-0.2, -0.15) is 0 Å². The molecule has 0 heterocycles. The highest BCUT2D eigenvalue weighted by Gasteiger charge is 1.99. The SMILES string of the molecule is COc1ccc(P)cc1F.Cl. The van der Waals surface area contributed by atoms with Gasteiger partial charge in [0.25, 0.3) is 0 Å². The first-order valence-corrected chi connectivity index (χ1v) is 3.41. The minimum absolute atomic E-state index is 0. The molecule has 0 aromatic heterocycles. The molecular formula is C7H9ClFOP. The minimum Gasteiger partial charge on any atom is -0.494 e. The van der Waals surface area contributed by atoms with Gasteiger partial charge in [0, 0.05) is 0 Å². The van der Waals surface area contributed by atoms with Crippen molar-refractivity contribution in [3.8, 4) is 5.75 Å². The van der Waals surface area contributed by atoms with Crippen LogP contribution in [0.2, 0.25) is 0 Å². The van der Waals surface area contributed by atoms with Crippen molar-refractivity contribution in [2.75, 3.05) is 7.11 Å². The summed E-state index contributed by atoms with van der Waals surface area (Å²) in [6.07, 6.45) is 0. The summed E-state index contributed by atoms with van der Waals surface area (Å²) < 4.78 is 17.4. The molecule has 62 valence electrons. The molecule has 4 heteroatoms. The van der Waals surface area contributed by atoms with Crippen LogP contribution in [0.3, 0.4) is 0 Å². The first kappa shape index (κ1) is 10.7. The molecule has 1 aromatic rings. The van der Waals surface area contributed by atoms with E-state index in [0.717, 1.165) is 5.30 Å². The molecule has 11 heavy (non-hydrogen) atoms. The molecule has 0 aliphatic heterocycles. The average Bonchev–Trinajstić information content (AvgIpc) is 1.88. The van der Waals surface area contributed by atoms with Gasteiger partial charge >= 0.3 is 0 Å². The zero-order valence-electron chi connectivity index (χ0n) is 6.00. The van der Waals surface area contributed by atoms with Crippen molar-refractivity contribution in [3.63, 3.8) is 0 Å². The maximum atomic E-state index is 12.7. The Kier molecular flexibility index (Phi) is 4.39. The lowest BCUT2D eigenvalue weighted by Gasteiger charge is -2.00. The van der Waals surface area contributed by atoms with E-state index < -0.39 is 0 Å². The van der Waals surface area contributed by atoms with Gasteiger partial charge in [-0.3, -0.25) is 0 Å². The first-order chi connectivity index (χ1) is 4.74. The van der Waals surface area contributed by atoms with Crippen LogP contribution in [0.25, 0.3) is 0 Å². The molecule has 0 fully saturated rings. The smallest absolute Gasteiger partial charge is 0.165 e. The van der Waals surface area contributed by atoms with Crippen LogP contribution in [0.1, 0.15) is 0 Å². The number of halogens is 2. The Hall–Kier alpha value is -0.330. The summed E-state index contributed by atoms with van der Waals surface area (Å²) in [4.78, 5) is 0. The van der Waals surface area contributed by atoms with Crippen molar-refractivity contribution >= 4 is 27.0 Å². The molecule has 0 spiro atoms. The van der Waals surface area contributed by atoms with Crippen LogP contribution in [0.5, 0.6) is 5.75 Å². The molecule has 0 aliphatic rings. The predicted octanol–water partition coefficient (Wildman–Crippen LogP) is 1.76. The highest BCUT2D eigenvalue weighted by Crippen LogP contribution is 2.13. The Morgan fingerprint density at radius 3 is 2.55 bits per heavy atom. The maximum absolute atomic E-state index is 12.7. The number of methoxy groups -OCH3 is 1. The zero-order valence-corrected chi connectivity index (χ0v) is 7.98. The summed E-state index contributed by atoms with van der Waals surface area (Å²) in [5.41, 5.74) is 0. The van der Waals surface area contributed by atoms with Gasteiger partial charge < -0.3 is 4.74 Å². The summed E-state index contributed by atoms with van der Waals surface area (Å²) >= 11 is 0. The van der Waals surface area contributed by atoms with Gasteiger partial charge in [0.2, 0.25) is 0 Å². The summed E-state index contributed by atoms with van der Waals surface area (Å²) in [6, 6.07) is 4.77. The van der Waals surface area contributed by atoms with Crippen LogP contribution in [0.4, 0.5) is 4.39 Å². The van der Waals surface area contributed by atoms with Crippen molar-refractivity contribution in [2.24, 2.45) is 0 Å². The quantitative estimate of drug-likeness (QED) is 0.619. The first-order valence-electron chi connectivity index (χ1n) is 2.83. The Bertz CT molecular complexity index is 242. The van der Waals surface area contributed by atoms with Gasteiger partial charge in [0.15, 0.2) is 11.6 Å². The van der Waals surface area contributed by atoms with Crippen LogP contribution in [-0.2, 0) is 0 Å². The highest BCUT2D eigenvalue weighted by molar-refractivity contribution is 7.27. The number of benzene rings is 1. The Balaban J connectivity index is 0.000001000. The van der Waals surface area contributed by atoms with E-state index in [9.17, 15) is 4.39 Å². The molecule has 1 atom stereocenters. The summed E-state index contributed by atoms with van der Waals surface area (Å²) in [5, 5.41) is 0.818. The molecule has 0 saturated carbocycles. The van der Waals surface area contributed by atoms with Gasteiger partial charge in [0.05, 0.1) is 7.11 Å². The molecule has 1 aromatic carbocycles.